The van der Waals surface area contributed by atoms with Crippen LogP contribution in [0.25, 0.3) is 0 Å². The van der Waals surface area contributed by atoms with E-state index in [1.165, 1.54) is 0 Å². The third-order valence-electron chi connectivity index (χ3n) is 2.88. The molecule has 90 valence electrons. The fourth-order valence-corrected chi connectivity index (χ4v) is 1.67. The van der Waals surface area contributed by atoms with Crippen LogP contribution in [-0.4, -0.2) is 35.0 Å². The highest BCUT2D eigenvalue weighted by molar-refractivity contribution is 6.39. The summed E-state index contributed by atoms with van der Waals surface area (Å²) >= 11 is 0. The molecule has 5 nitrogen and oxygen atoms in total. The number of carbonyl (C=O) groups excluding carboxylic acids is 2. The molecule has 1 aliphatic rings. The Morgan fingerprint density at radius 3 is 2.62 bits per heavy atom. The molecule has 0 spiro atoms. The molecule has 1 unspecified atom stereocenters. The second kappa shape index (κ2) is 5.63. The van der Waals surface area contributed by atoms with Crippen LogP contribution in [-0.2, 0) is 9.59 Å². The standard InChI is InChI=1S/C11H19N3O2/c1-4-8(3)14(5-2)11(16)9-6-7-10(15)13-12-9/h8H,4-7H2,1-3H3,(H,13,15). The van der Waals surface area contributed by atoms with Gasteiger partial charge in [-0.15, -0.1) is 0 Å². The second-order valence-corrected chi connectivity index (χ2v) is 3.94. The summed E-state index contributed by atoms with van der Waals surface area (Å²) < 4.78 is 0. The highest BCUT2D eigenvalue weighted by Gasteiger charge is 2.24. The van der Waals surface area contributed by atoms with E-state index in [1.807, 2.05) is 20.8 Å². The first-order valence-corrected chi connectivity index (χ1v) is 5.76. The van der Waals surface area contributed by atoms with Gasteiger partial charge >= 0.3 is 0 Å². The molecular formula is C11H19N3O2. The van der Waals surface area contributed by atoms with Gasteiger partial charge in [-0.2, -0.15) is 5.10 Å². The molecule has 0 aromatic carbocycles. The largest absolute Gasteiger partial charge is 0.335 e. The first-order chi connectivity index (χ1) is 7.60. The van der Waals surface area contributed by atoms with Gasteiger partial charge in [-0.05, 0) is 20.3 Å². The fraction of sp³-hybridized carbons (Fsp3) is 0.727. The SMILES string of the molecule is CCC(C)N(CC)C(=O)C1=NNC(=O)CC1. The Hall–Kier alpha value is -1.39. The highest BCUT2D eigenvalue weighted by Crippen LogP contribution is 2.08. The van der Waals surface area contributed by atoms with E-state index in [0.717, 1.165) is 6.42 Å². The molecule has 16 heavy (non-hydrogen) atoms. The molecule has 0 aliphatic carbocycles. The van der Waals surface area contributed by atoms with Gasteiger partial charge in [0.25, 0.3) is 5.91 Å². The van der Waals surface area contributed by atoms with Crippen molar-refractivity contribution in [1.29, 1.82) is 0 Å². The van der Waals surface area contributed by atoms with E-state index >= 15 is 0 Å². The monoisotopic (exact) mass is 225 g/mol. The van der Waals surface area contributed by atoms with Crippen LogP contribution in [0.3, 0.4) is 0 Å². The molecule has 2 amide bonds. The minimum absolute atomic E-state index is 0.0585. The van der Waals surface area contributed by atoms with E-state index in [0.29, 0.717) is 25.1 Å². The lowest BCUT2D eigenvalue weighted by Gasteiger charge is -2.28. The van der Waals surface area contributed by atoms with Crippen molar-refractivity contribution < 1.29 is 9.59 Å². The number of nitrogens with one attached hydrogen (secondary N) is 1. The maximum atomic E-state index is 12.1. The molecule has 1 rings (SSSR count). The molecule has 0 saturated carbocycles. The molecule has 0 aromatic heterocycles. The molecule has 1 atom stereocenters. The molecule has 1 heterocycles. The Morgan fingerprint density at radius 2 is 2.19 bits per heavy atom. The predicted molar refractivity (Wildman–Crippen MR) is 62.0 cm³/mol. The Bertz CT molecular complexity index is 312. The summed E-state index contributed by atoms with van der Waals surface area (Å²) in [5, 5.41) is 3.82. The summed E-state index contributed by atoms with van der Waals surface area (Å²) in [7, 11) is 0. The molecule has 0 bridgehead atoms. The molecule has 1 N–H and O–H groups in total. The second-order valence-electron chi connectivity index (χ2n) is 3.94. The van der Waals surface area contributed by atoms with Crippen molar-refractivity contribution in [2.45, 2.75) is 46.1 Å². The lowest BCUT2D eigenvalue weighted by molar-refractivity contribution is -0.126. The Balaban J connectivity index is 2.72. The summed E-state index contributed by atoms with van der Waals surface area (Å²) in [6.45, 7) is 6.68. The highest BCUT2D eigenvalue weighted by atomic mass is 16.2. The number of amides is 2. The first kappa shape index (κ1) is 12.7. The number of nitrogens with zero attached hydrogens (tertiary/aromatic N) is 2. The number of hydrogen-bond donors (Lipinski definition) is 1. The molecular weight excluding hydrogens is 206 g/mol. The van der Waals surface area contributed by atoms with Gasteiger partial charge in [0.1, 0.15) is 5.71 Å². The summed E-state index contributed by atoms with van der Waals surface area (Å²) in [5.41, 5.74) is 2.81. The van der Waals surface area contributed by atoms with E-state index in [-0.39, 0.29) is 17.9 Å². The van der Waals surface area contributed by atoms with Gasteiger partial charge in [0.2, 0.25) is 5.91 Å². The third-order valence-corrected chi connectivity index (χ3v) is 2.88. The minimum atomic E-state index is -0.122. The Labute approximate surface area is 95.9 Å². The van der Waals surface area contributed by atoms with Crippen LogP contribution >= 0.6 is 0 Å². The summed E-state index contributed by atoms with van der Waals surface area (Å²) in [5.74, 6) is -0.181. The van der Waals surface area contributed by atoms with E-state index < -0.39 is 0 Å². The third kappa shape index (κ3) is 2.81. The average Bonchev–Trinajstić information content (AvgIpc) is 2.30. The van der Waals surface area contributed by atoms with Crippen molar-refractivity contribution in [3.63, 3.8) is 0 Å². The lowest BCUT2D eigenvalue weighted by Crippen LogP contribution is -2.44. The molecule has 0 fully saturated rings. The number of hydrogen-bond acceptors (Lipinski definition) is 3. The zero-order valence-corrected chi connectivity index (χ0v) is 10.1. The zero-order chi connectivity index (χ0) is 12.1. The van der Waals surface area contributed by atoms with Gasteiger partial charge < -0.3 is 4.90 Å². The van der Waals surface area contributed by atoms with Gasteiger partial charge in [-0.3, -0.25) is 9.59 Å². The maximum absolute atomic E-state index is 12.1. The van der Waals surface area contributed by atoms with Crippen LogP contribution in [0.4, 0.5) is 0 Å². The van der Waals surface area contributed by atoms with E-state index in [4.69, 9.17) is 0 Å². The van der Waals surface area contributed by atoms with Crippen molar-refractivity contribution in [2.24, 2.45) is 5.10 Å². The Kier molecular flexibility index (Phi) is 4.46. The van der Waals surface area contributed by atoms with Crippen LogP contribution in [0, 0.1) is 0 Å². The number of rotatable bonds is 4. The van der Waals surface area contributed by atoms with Gasteiger partial charge in [0.15, 0.2) is 0 Å². The first-order valence-electron chi connectivity index (χ1n) is 5.76. The Morgan fingerprint density at radius 1 is 1.50 bits per heavy atom. The average molecular weight is 225 g/mol. The summed E-state index contributed by atoms with van der Waals surface area (Å²) in [4.78, 5) is 24.8. The van der Waals surface area contributed by atoms with Crippen LogP contribution in [0.15, 0.2) is 5.10 Å². The molecule has 0 radical (unpaired) electrons. The van der Waals surface area contributed by atoms with Crippen molar-refractivity contribution >= 4 is 17.5 Å². The van der Waals surface area contributed by atoms with Gasteiger partial charge in [0, 0.05) is 25.4 Å². The molecule has 0 aromatic rings. The number of carbonyl (C=O) groups is 2. The topological polar surface area (TPSA) is 61.8 Å². The van der Waals surface area contributed by atoms with Crippen LogP contribution in [0.2, 0.25) is 0 Å². The quantitative estimate of drug-likeness (QED) is 0.772. The molecule has 1 aliphatic heterocycles. The zero-order valence-electron chi connectivity index (χ0n) is 10.1. The van der Waals surface area contributed by atoms with Gasteiger partial charge in [0.05, 0.1) is 0 Å². The van der Waals surface area contributed by atoms with E-state index in [2.05, 4.69) is 10.5 Å². The predicted octanol–water partition coefficient (Wildman–Crippen LogP) is 0.899. The minimum Gasteiger partial charge on any atom is -0.335 e. The van der Waals surface area contributed by atoms with Crippen molar-refractivity contribution in [2.75, 3.05) is 6.54 Å². The van der Waals surface area contributed by atoms with Crippen molar-refractivity contribution in [3.05, 3.63) is 0 Å². The van der Waals surface area contributed by atoms with E-state index in [9.17, 15) is 9.59 Å². The smallest absolute Gasteiger partial charge is 0.270 e. The number of hydrazone groups is 1. The molecule has 5 heteroatoms. The van der Waals surface area contributed by atoms with E-state index in [1.54, 1.807) is 4.90 Å². The normalized spacial score (nSPS) is 17.4. The summed E-state index contributed by atoms with van der Waals surface area (Å²) in [6, 6.07) is 0.206. The van der Waals surface area contributed by atoms with Gasteiger partial charge in [-0.25, -0.2) is 5.43 Å². The van der Waals surface area contributed by atoms with Crippen LogP contribution < -0.4 is 5.43 Å². The lowest BCUT2D eigenvalue weighted by atomic mass is 10.1. The molecule has 0 saturated heterocycles. The van der Waals surface area contributed by atoms with Gasteiger partial charge in [-0.1, -0.05) is 6.92 Å². The van der Waals surface area contributed by atoms with Crippen LogP contribution in [0.5, 0.6) is 0 Å². The van der Waals surface area contributed by atoms with Crippen molar-refractivity contribution in [3.8, 4) is 0 Å². The van der Waals surface area contributed by atoms with Crippen molar-refractivity contribution in [1.82, 2.24) is 10.3 Å². The fourth-order valence-electron chi connectivity index (χ4n) is 1.67. The summed E-state index contributed by atoms with van der Waals surface area (Å²) in [6.07, 6.45) is 1.71. The van der Waals surface area contributed by atoms with Crippen LogP contribution in [0.1, 0.15) is 40.0 Å². The maximum Gasteiger partial charge on any atom is 0.270 e.